The van der Waals surface area contributed by atoms with E-state index in [1.54, 1.807) is 7.11 Å². The van der Waals surface area contributed by atoms with E-state index in [4.69, 9.17) is 4.74 Å². The molecule has 4 rings (SSSR count). The summed E-state index contributed by atoms with van der Waals surface area (Å²) in [7, 11) is 3.58. The zero-order valence-corrected chi connectivity index (χ0v) is 14.1. The smallest absolute Gasteiger partial charge is 0.170 e. The van der Waals surface area contributed by atoms with Crippen LogP contribution in [0.4, 0.5) is 5.69 Å². The highest BCUT2D eigenvalue weighted by Gasteiger charge is 2.12. The average molecular weight is 330 g/mol. The zero-order chi connectivity index (χ0) is 17.2. The first-order valence-electron chi connectivity index (χ1n) is 8.06. The van der Waals surface area contributed by atoms with E-state index >= 15 is 0 Å². The summed E-state index contributed by atoms with van der Waals surface area (Å²) >= 11 is 0. The molecule has 5 nitrogen and oxygen atoms in total. The van der Waals surface area contributed by atoms with Crippen LogP contribution in [0.2, 0.25) is 0 Å². The van der Waals surface area contributed by atoms with E-state index in [0.717, 1.165) is 39.6 Å². The number of hydrogen-bond donors (Lipinski definition) is 1. The van der Waals surface area contributed by atoms with E-state index in [2.05, 4.69) is 27.8 Å². The number of fused-ring (bicyclic) bond motifs is 1. The maximum absolute atomic E-state index is 5.23. The summed E-state index contributed by atoms with van der Waals surface area (Å²) < 4.78 is 7.26. The summed E-state index contributed by atoms with van der Waals surface area (Å²) in [4.78, 5) is 0. The van der Waals surface area contributed by atoms with Crippen LogP contribution in [0.1, 0.15) is 0 Å². The van der Waals surface area contributed by atoms with Crippen LogP contribution in [0, 0.1) is 0 Å². The first-order chi connectivity index (χ1) is 12.3. The number of benzene rings is 2. The number of pyridine rings is 1. The van der Waals surface area contributed by atoms with Crippen molar-refractivity contribution in [3.05, 3.63) is 66.9 Å². The summed E-state index contributed by atoms with van der Waals surface area (Å²) in [5, 5.41) is 11.9. The summed E-state index contributed by atoms with van der Waals surface area (Å²) in [6.07, 6.45) is 2.07. The van der Waals surface area contributed by atoms with Crippen molar-refractivity contribution in [1.29, 1.82) is 0 Å². The second-order valence-corrected chi connectivity index (χ2v) is 5.69. The van der Waals surface area contributed by atoms with Gasteiger partial charge in [0, 0.05) is 24.5 Å². The quantitative estimate of drug-likeness (QED) is 0.612. The molecule has 0 spiro atoms. The predicted molar refractivity (Wildman–Crippen MR) is 100.0 cm³/mol. The zero-order valence-electron chi connectivity index (χ0n) is 14.1. The number of nitrogens with zero attached hydrogens (tertiary/aromatic N) is 3. The summed E-state index contributed by atoms with van der Waals surface area (Å²) in [6.45, 7) is 0. The van der Waals surface area contributed by atoms with Gasteiger partial charge in [0.25, 0.3) is 0 Å². The number of methoxy groups -OCH3 is 1. The number of nitrogens with one attached hydrogen (secondary N) is 1. The van der Waals surface area contributed by atoms with Crippen LogP contribution in [0.15, 0.2) is 66.9 Å². The molecule has 5 heteroatoms. The molecule has 25 heavy (non-hydrogen) atoms. The van der Waals surface area contributed by atoms with Crippen LogP contribution < -0.4 is 10.1 Å². The Morgan fingerprint density at radius 2 is 1.64 bits per heavy atom. The van der Waals surface area contributed by atoms with Crippen molar-refractivity contribution in [1.82, 2.24) is 14.6 Å². The Balaban J connectivity index is 1.85. The van der Waals surface area contributed by atoms with Gasteiger partial charge in [0.2, 0.25) is 0 Å². The van der Waals surface area contributed by atoms with Crippen LogP contribution in [0.25, 0.3) is 28.2 Å². The standard InChI is InChI=1S/C20H18N4O/c1-21-18-6-4-3-5-17(18)20-23-22-19-12-9-15(13-24(19)20)14-7-10-16(25-2)11-8-14/h3-13,21H,1-2H3. The van der Waals surface area contributed by atoms with Crippen molar-refractivity contribution in [2.75, 3.05) is 19.5 Å². The van der Waals surface area contributed by atoms with Gasteiger partial charge in [0.1, 0.15) is 5.75 Å². The van der Waals surface area contributed by atoms with E-state index in [-0.39, 0.29) is 0 Å². The highest BCUT2D eigenvalue weighted by Crippen LogP contribution is 2.28. The molecule has 0 fully saturated rings. The lowest BCUT2D eigenvalue weighted by Gasteiger charge is -2.08. The van der Waals surface area contributed by atoms with Crippen LogP contribution in [0.5, 0.6) is 5.75 Å². The Labute approximate surface area is 145 Å². The molecule has 124 valence electrons. The summed E-state index contributed by atoms with van der Waals surface area (Å²) in [5.74, 6) is 1.66. The molecule has 2 aromatic heterocycles. The van der Waals surface area contributed by atoms with E-state index in [0.29, 0.717) is 0 Å². The third-order valence-electron chi connectivity index (χ3n) is 4.26. The summed E-state index contributed by atoms with van der Waals surface area (Å²) in [6, 6.07) is 20.1. The van der Waals surface area contributed by atoms with Gasteiger partial charge in [-0.2, -0.15) is 0 Å². The largest absolute Gasteiger partial charge is 0.497 e. The van der Waals surface area contributed by atoms with E-state index in [1.165, 1.54) is 0 Å². The molecule has 4 aromatic rings. The number of rotatable bonds is 4. The van der Waals surface area contributed by atoms with Gasteiger partial charge >= 0.3 is 0 Å². The number of para-hydroxylation sites is 1. The maximum atomic E-state index is 5.23. The third kappa shape index (κ3) is 2.70. The fourth-order valence-corrected chi connectivity index (χ4v) is 2.92. The monoisotopic (exact) mass is 330 g/mol. The molecule has 0 atom stereocenters. The van der Waals surface area contributed by atoms with Crippen molar-refractivity contribution in [2.45, 2.75) is 0 Å². The molecule has 0 aliphatic carbocycles. The van der Waals surface area contributed by atoms with Gasteiger partial charge in [0.15, 0.2) is 11.5 Å². The Hall–Kier alpha value is -3.34. The van der Waals surface area contributed by atoms with Crippen LogP contribution in [-0.2, 0) is 0 Å². The molecule has 0 bridgehead atoms. The lowest BCUT2D eigenvalue weighted by molar-refractivity contribution is 0.415. The van der Waals surface area contributed by atoms with Crippen molar-refractivity contribution < 1.29 is 4.74 Å². The molecule has 0 saturated carbocycles. The van der Waals surface area contributed by atoms with Gasteiger partial charge in [-0.15, -0.1) is 10.2 Å². The molecule has 2 heterocycles. The molecule has 0 radical (unpaired) electrons. The minimum atomic E-state index is 0.815. The van der Waals surface area contributed by atoms with Crippen molar-refractivity contribution in [3.8, 4) is 28.3 Å². The molecule has 2 aromatic carbocycles. The number of hydrogen-bond acceptors (Lipinski definition) is 4. The molecule has 0 saturated heterocycles. The molecule has 0 aliphatic rings. The minimum Gasteiger partial charge on any atom is -0.497 e. The molecular weight excluding hydrogens is 312 g/mol. The first kappa shape index (κ1) is 15.2. The van der Waals surface area contributed by atoms with Gasteiger partial charge in [0.05, 0.1) is 7.11 Å². The molecule has 0 aliphatic heterocycles. The minimum absolute atomic E-state index is 0.815. The molecule has 1 N–H and O–H groups in total. The summed E-state index contributed by atoms with van der Waals surface area (Å²) in [5.41, 5.74) is 5.07. The van der Waals surface area contributed by atoms with Gasteiger partial charge in [-0.25, -0.2) is 0 Å². The van der Waals surface area contributed by atoms with Crippen molar-refractivity contribution in [2.24, 2.45) is 0 Å². The lowest BCUT2D eigenvalue weighted by atomic mass is 10.1. The Kier molecular flexibility index (Phi) is 3.82. The van der Waals surface area contributed by atoms with Crippen LogP contribution in [-0.4, -0.2) is 28.8 Å². The highest BCUT2D eigenvalue weighted by molar-refractivity contribution is 5.75. The fourth-order valence-electron chi connectivity index (χ4n) is 2.92. The van der Waals surface area contributed by atoms with Gasteiger partial charge < -0.3 is 10.1 Å². The van der Waals surface area contributed by atoms with Gasteiger partial charge in [-0.3, -0.25) is 4.40 Å². The van der Waals surface area contributed by atoms with E-state index in [1.807, 2.05) is 66.0 Å². The number of aromatic nitrogens is 3. The molecule has 0 unspecified atom stereocenters. The van der Waals surface area contributed by atoms with E-state index < -0.39 is 0 Å². The number of anilines is 1. The van der Waals surface area contributed by atoms with Gasteiger partial charge in [-0.1, -0.05) is 24.3 Å². The molecule has 0 amide bonds. The highest BCUT2D eigenvalue weighted by atomic mass is 16.5. The third-order valence-corrected chi connectivity index (χ3v) is 4.26. The second-order valence-electron chi connectivity index (χ2n) is 5.69. The Morgan fingerprint density at radius 3 is 2.40 bits per heavy atom. The molecular formula is C20H18N4O. The predicted octanol–water partition coefficient (Wildman–Crippen LogP) is 4.11. The number of ether oxygens (including phenoxy) is 1. The SMILES string of the molecule is CNc1ccccc1-c1nnc2ccc(-c3ccc(OC)cc3)cn12. The van der Waals surface area contributed by atoms with E-state index in [9.17, 15) is 0 Å². The Morgan fingerprint density at radius 1 is 0.880 bits per heavy atom. The Bertz CT molecular complexity index is 1020. The first-order valence-corrected chi connectivity index (χ1v) is 8.06. The van der Waals surface area contributed by atoms with Crippen LogP contribution >= 0.6 is 0 Å². The van der Waals surface area contributed by atoms with Crippen LogP contribution in [0.3, 0.4) is 0 Å². The van der Waals surface area contributed by atoms with Crippen molar-refractivity contribution >= 4 is 11.3 Å². The second kappa shape index (κ2) is 6.28. The van der Waals surface area contributed by atoms with Crippen molar-refractivity contribution in [3.63, 3.8) is 0 Å². The lowest BCUT2D eigenvalue weighted by Crippen LogP contribution is -1.96. The average Bonchev–Trinajstić information content (AvgIpc) is 3.11. The normalized spacial score (nSPS) is 10.8. The van der Waals surface area contributed by atoms with Gasteiger partial charge in [-0.05, 0) is 47.5 Å². The maximum Gasteiger partial charge on any atom is 0.170 e. The fraction of sp³-hybridized carbons (Fsp3) is 0.100. The topological polar surface area (TPSA) is 51.5 Å².